The number of rotatable bonds is 11. The molecule has 6 aromatic rings. The molecule has 0 radical (unpaired) electrons. The Morgan fingerprint density at radius 2 is 0.792 bits per heavy atom. The molecule has 0 saturated carbocycles. The zero-order chi connectivity index (χ0) is 33.9. The zero-order valence-corrected chi connectivity index (χ0v) is 27.0. The van der Waals surface area contributed by atoms with Crippen LogP contribution in [0.5, 0.6) is 0 Å². The standard InChI is InChI=1S/C42H36F6/c1-3-5-7-17-31-33(27-21-35(43)41(47)36(44)22-27)19-25-13-9-11-15-29(25)39(31)40-30-16-12-10-14-26(30)20-34(32(40)18-8-6-4-2)28-23-37(45)42(48)38(46)24-28/h9-16,19-24H,3-8,17-18H2,1-2H3. The molecular formula is C42H36F6. The molecular weight excluding hydrogens is 618 g/mol. The highest BCUT2D eigenvalue weighted by Gasteiger charge is 2.25. The summed E-state index contributed by atoms with van der Waals surface area (Å²) in [5.41, 5.74) is 5.04. The largest absolute Gasteiger partial charge is 0.204 e. The molecule has 0 atom stereocenters. The second-order valence-corrected chi connectivity index (χ2v) is 12.4. The van der Waals surface area contributed by atoms with Gasteiger partial charge in [-0.15, -0.1) is 0 Å². The van der Waals surface area contributed by atoms with Gasteiger partial charge < -0.3 is 0 Å². The highest BCUT2D eigenvalue weighted by Crippen LogP contribution is 2.47. The molecule has 0 aliphatic rings. The van der Waals surface area contributed by atoms with Gasteiger partial charge in [-0.1, -0.05) is 88.1 Å². The number of fused-ring (bicyclic) bond motifs is 2. The van der Waals surface area contributed by atoms with Gasteiger partial charge in [-0.25, -0.2) is 26.3 Å². The molecule has 0 bridgehead atoms. The van der Waals surface area contributed by atoms with E-state index in [1.807, 2.05) is 60.7 Å². The smallest absolute Gasteiger partial charge is 0.194 e. The van der Waals surface area contributed by atoms with Gasteiger partial charge in [0.15, 0.2) is 34.9 Å². The van der Waals surface area contributed by atoms with Gasteiger partial charge in [-0.05, 0) is 128 Å². The molecule has 6 aromatic carbocycles. The maximum atomic E-state index is 14.8. The molecule has 0 N–H and O–H groups in total. The maximum absolute atomic E-state index is 14.8. The first kappa shape index (κ1) is 33.3. The van der Waals surface area contributed by atoms with Crippen molar-refractivity contribution in [2.75, 3.05) is 0 Å². The van der Waals surface area contributed by atoms with Gasteiger partial charge in [-0.2, -0.15) is 0 Å². The fourth-order valence-electron chi connectivity index (χ4n) is 6.91. The molecule has 0 heterocycles. The van der Waals surface area contributed by atoms with Crippen molar-refractivity contribution in [2.45, 2.75) is 65.2 Å². The maximum Gasteiger partial charge on any atom is 0.194 e. The van der Waals surface area contributed by atoms with Crippen molar-refractivity contribution in [2.24, 2.45) is 0 Å². The second-order valence-electron chi connectivity index (χ2n) is 12.4. The van der Waals surface area contributed by atoms with Crippen molar-refractivity contribution >= 4 is 21.5 Å². The number of halogens is 6. The van der Waals surface area contributed by atoms with E-state index in [0.717, 1.165) is 107 Å². The Bertz CT molecular complexity index is 1930. The van der Waals surface area contributed by atoms with E-state index in [1.54, 1.807) is 0 Å². The molecule has 48 heavy (non-hydrogen) atoms. The van der Waals surface area contributed by atoms with Gasteiger partial charge in [0.25, 0.3) is 0 Å². The van der Waals surface area contributed by atoms with Crippen LogP contribution in [0.15, 0.2) is 84.9 Å². The molecule has 0 nitrogen and oxygen atoms in total. The first-order valence-corrected chi connectivity index (χ1v) is 16.6. The number of hydrogen-bond acceptors (Lipinski definition) is 0. The van der Waals surface area contributed by atoms with E-state index in [0.29, 0.717) is 24.0 Å². The number of benzene rings is 6. The third-order valence-electron chi connectivity index (χ3n) is 9.21. The van der Waals surface area contributed by atoms with Crippen molar-refractivity contribution in [1.82, 2.24) is 0 Å². The summed E-state index contributed by atoms with van der Waals surface area (Å²) >= 11 is 0. The van der Waals surface area contributed by atoms with Crippen molar-refractivity contribution in [3.63, 3.8) is 0 Å². The molecule has 6 heteroatoms. The van der Waals surface area contributed by atoms with Crippen LogP contribution in [0, 0.1) is 34.9 Å². The summed E-state index contributed by atoms with van der Waals surface area (Å²) in [6.07, 6.45) is 6.43. The predicted octanol–water partition coefficient (Wildman–Crippen LogP) is 13.3. The van der Waals surface area contributed by atoms with E-state index in [-0.39, 0.29) is 11.1 Å². The fourth-order valence-corrected chi connectivity index (χ4v) is 6.91. The molecule has 0 aliphatic carbocycles. The molecule has 0 aromatic heterocycles. The summed E-state index contributed by atoms with van der Waals surface area (Å²) in [5.74, 6) is -8.13. The summed E-state index contributed by atoms with van der Waals surface area (Å²) in [5, 5.41) is 3.46. The van der Waals surface area contributed by atoms with Crippen LogP contribution < -0.4 is 0 Å². The van der Waals surface area contributed by atoms with E-state index >= 15 is 0 Å². The van der Waals surface area contributed by atoms with Gasteiger partial charge in [0.05, 0.1) is 0 Å². The minimum Gasteiger partial charge on any atom is -0.204 e. The van der Waals surface area contributed by atoms with Gasteiger partial charge >= 0.3 is 0 Å². The third kappa shape index (κ3) is 6.33. The van der Waals surface area contributed by atoms with Crippen LogP contribution in [0.2, 0.25) is 0 Å². The first-order valence-electron chi connectivity index (χ1n) is 16.6. The zero-order valence-electron chi connectivity index (χ0n) is 27.0. The van der Waals surface area contributed by atoms with Crippen molar-refractivity contribution in [3.05, 3.63) is 131 Å². The lowest BCUT2D eigenvalue weighted by Crippen LogP contribution is -2.04. The Labute approximate surface area is 277 Å². The summed E-state index contributed by atoms with van der Waals surface area (Å²) < 4.78 is 87.5. The monoisotopic (exact) mass is 654 g/mol. The summed E-state index contributed by atoms with van der Waals surface area (Å²) in [4.78, 5) is 0. The summed E-state index contributed by atoms with van der Waals surface area (Å²) in [6, 6.07) is 23.5. The Kier molecular flexibility index (Phi) is 9.91. The topological polar surface area (TPSA) is 0 Å². The summed E-state index contributed by atoms with van der Waals surface area (Å²) in [6.45, 7) is 4.19. The second kappa shape index (κ2) is 14.3. The van der Waals surface area contributed by atoms with E-state index < -0.39 is 34.9 Å². The lowest BCUT2D eigenvalue weighted by Gasteiger charge is -2.25. The Hall–Kier alpha value is -4.58. The fraction of sp³-hybridized carbons (Fsp3) is 0.238. The predicted molar refractivity (Wildman–Crippen MR) is 184 cm³/mol. The highest BCUT2D eigenvalue weighted by atomic mass is 19.2. The quantitative estimate of drug-likeness (QED) is 0.0741. The molecule has 6 rings (SSSR count). The van der Waals surface area contributed by atoms with Crippen LogP contribution >= 0.6 is 0 Å². The van der Waals surface area contributed by atoms with Crippen LogP contribution in [-0.2, 0) is 12.8 Å². The molecule has 0 fully saturated rings. The number of unbranched alkanes of at least 4 members (excludes halogenated alkanes) is 4. The van der Waals surface area contributed by atoms with Crippen LogP contribution in [0.3, 0.4) is 0 Å². The lowest BCUT2D eigenvalue weighted by molar-refractivity contribution is 0.447. The normalized spacial score (nSPS) is 11.6. The Balaban J connectivity index is 1.80. The van der Waals surface area contributed by atoms with Crippen LogP contribution in [-0.4, -0.2) is 0 Å². The Morgan fingerprint density at radius 3 is 1.15 bits per heavy atom. The minimum absolute atomic E-state index is 0.223. The lowest BCUT2D eigenvalue weighted by atomic mass is 9.79. The van der Waals surface area contributed by atoms with Gasteiger partial charge in [0.1, 0.15) is 0 Å². The van der Waals surface area contributed by atoms with Crippen LogP contribution in [0.1, 0.15) is 63.5 Å². The highest BCUT2D eigenvalue weighted by molar-refractivity contribution is 6.11. The molecule has 246 valence electrons. The minimum atomic E-state index is -1.53. The third-order valence-corrected chi connectivity index (χ3v) is 9.21. The first-order chi connectivity index (χ1) is 23.2. The van der Waals surface area contributed by atoms with Crippen LogP contribution in [0.4, 0.5) is 26.3 Å². The molecule has 0 aliphatic heterocycles. The average Bonchev–Trinajstić information content (AvgIpc) is 3.08. The van der Waals surface area contributed by atoms with Gasteiger partial charge in [0.2, 0.25) is 0 Å². The van der Waals surface area contributed by atoms with Crippen LogP contribution in [0.25, 0.3) is 54.9 Å². The molecule has 0 saturated heterocycles. The Morgan fingerprint density at radius 1 is 0.438 bits per heavy atom. The van der Waals surface area contributed by atoms with Crippen molar-refractivity contribution in [1.29, 1.82) is 0 Å². The molecule has 0 amide bonds. The number of hydrogen-bond donors (Lipinski definition) is 0. The summed E-state index contributed by atoms with van der Waals surface area (Å²) in [7, 11) is 0. The van der Waals surface area contributed by atoms with Crippen molar-refractivity contribution < 1.29 is 26.3 Å². The van der Waals surface area contributed by atoms with E-state index in [9.17, 15) is 26.3 Å². The average molecular weight is 655 g/mol. The van der Waals surface area contributed by atoms with E-state index in [2.05, 4.69) is 13.8 Å². The molecule has 0 spiro atoms. The SMILES string of the molecule is CCCCCc1c(-c2cc(F)c(F)c(F)c2)cc2ccccc2c1-c1c(CCCCC)c(-c2cc(F)c(F)c(F)c2)cc2ccccc12. The van der Waals surface area contributed by atoms with E-state index in [1.165, 1.54) is 0 Å². The molecule has 0 unspecified atom stereocenters. The van der Waals surface area contributed by atoms with E-state index in [4.69, 9.17) is 0 Å². The van der Waals surface area contributed by atoms with Gasteiger partial charge in [0, 0.05) is 0 Å². The van der Waals surface area contributed by atoms with Gasteiger partial charge in [-0.3, -0.25) is 0 Å². The van der Waals surface area contributed by atoms with Crippen molar-refractivity contribution in [3.8, 4) is 33.4 Å².